The van der Waals surface area contributed by atoms with Crippen LogP contribution in [0.3, 0.4) is 0 Å². The largest absolute Gasteiger partial charge is 0.208 e. The van der Waals surface area contributed by atoms with Crippen molar-refractivity contribution in [2.24, 2.45) is 0 Å². The van der Waals surface area contributed by atoms with Gasteiger partial charge in [-0.2, -0.15) is 0 Å². The summed E-state index contributed by atoms with van der Waals surface area (Å²) in [7, 11) is 0. The molecule has 3 nitrogen and oxygen atoms in total. The molecule has 11 aromatic rings. The van der Waals surface area contributed by atoms with Crippen LogP contribution in [0.2, 0.25) is 0 Å². The lowest BCUT2D eigenvalue weighted by Gasteiger charge is -2.31. The quantitative estimate of drug-likeness (QED) is 0.180. The minimum Gasteiger partial charge on any atom is -0.208 e. The molecule has 3 aliphatic carbocycles. The van der Waals surface area contributed by atoms with E-state index in [0.29, 0.717) is 17.5 Å². The Balaban J connectivity index is 1.04. The number of hydrogen-bond acceptors (Lipinski definition) is 3. The van der Waals surface area contributed by atoms with Gasteiger partial charge in [-0.25, -0.2) is 15.0 Å². The van der Waals surface area contributed by atoms with E-state index >= 15 is 0 Å². The van der Waals surface area contributed by atoms with Gasteiger partial charge in [0, 0.05) is 16.7 Å². The first kappa shape index (κ1) is 32.9. The molecule has 14 rings (SSSR count). The first-order valence-electron chi connectivity index (χ1n) is 21.0. The Morgan fingerprint density at radius 2 is 0.754 bits per heavy atom. The Hall–Kier alpha value is -8.01. The number of rotatable bonds is 3. The van der Waals surface area contributed by atoms with E-state index in [1.165, 1.54) is 88.3 Å². The molecular weight excluding hydrogens is 739 g/mol. The molecule has 0 amide bonds. The average Bonchev–Trinajstić information content (AvgIpc) is 3.93. The van der Waals surface area contributed by atoms with Gasteiger partial charge in [-0.1, -0.05) is 176 Å². The Labute approximate surface area is 352 Å². The van der Waals surface area contributed by atoms with Gasteiger partial charge in [0.1, 0.15) is 0 Å². The molecule has 0 aliphatic heterocycles. The molecular formula is C58H33N3. The summed E-state index contributed by atoms with van der Waals surface area (Å²) in [6.45, 7) is 0. The van der Waals surface area contributed by atoms with Gasteiger partial charge in [0.2, 0.25) is 0 Å². The molecule has 1 unspecified atom stereocenters. The zero-order valence-corrected chi connectivity index (χ0v) is 32.9. The minimum absolute atomic E-state index is 0.554. The number of hydrogen-bond donors (Lipinski definition) is 0. The normalized spacial score (nSPS) is 15.0. The van der Waals surface area contributed by atoms with Crippen molar-refractivity contribution in [3.8, 4) is 78.7 Å². The van der Waals surface area contributed by atoms with E-state index in [2.05, 4.69) is 200 Å². The molecule has 280 valence electrons. The van der Waals surface area contributed by atoms with Crippen LogP contribution in [0, 0.1) is 0 Å². The number of aromatic nitrogens is 3. The van der Waals surface area contributed by atoms with E-state index in [0.717, 1.165) is 27.5 Å². The van der Waals surface area contributed by atoms with E-state index < -0.39 is 5.41 Å². The summed E-state index contributed by atoms with van der Waals surface area (Å²) in [5, 5.41) is 7.32. The van der Waals surface area contributed by atoms with E-state index in [-0.39, 0.29) is 0 Å². The van der Waals surface area contributed by atoms with Gasteiger partial charge in [0.05, 0.1) is 5.41 Å². The maximum Gasteiger partial charge on any atom is 0.164 e. The predicted molar refractivity (Wildman–Crippen MR) is 249 cm³/mol. The lowest BCUT2D eigenvalue weighted by molar-refractivity contribution is 0.795. The summed E-state index contributed by atoms with van der Waals surface area (Å²) in [5.74, 6) is 1.95. The fraction of sp³-hybridized carbons (Fsp3) is 0.0172. The van der Waals surface area contributed by atoms with Crippen LogP contribution in [-0.4, -0.2) is 15.0 Å². The first-order chi connectivity index (χ1) is 30.2. The second-order valence-electron chi connectivity index (χ2n) is 16.7. The van der Waals surface area contributed by atoms with Crippen molar-refractivity contribution in [3.05, 3.63) is 222 Å². The smallest absolute Gasteiger partial charge is 0.164 e. The molecule has 3 aliphatic rings. The third-order valence-electron chi connectivity index (χ3n) is 13.6. The van der Waals surface area contributed by atoms with Gasteiger partial charge in [-0.15, -0.1) is 0 Å². The second kappa shape index (κ2) is 12.0. The Kier molecular flexibility index (Phi) is 6.49. The maximum atomic E-state index is 5.32. The van der Waals surface area contributed by atoms with E-state index in [1.807, 2.05) is 0 Å². The highest BCUT2D eigenvalue weighted by Crippen LogP contribution is 2.66. The summed E-state index contributed by atoms with van der Waals surface area (Å²) < 4.78 is 0. The molecule has 0 fully saturated rings. The van der Waals surface area contributed by atoms with Gasteiger partial charge in [-0.3, -0.25) is 0 Å². The summed E-state index contributed by atoms with van der Waals surface area (Å²) in [6, 6.07) is 73.2. The van der Waals surface area contributed by atoms with Crippen LogP contribution in [0.15, 0.2) is 200 Å². The van der Waals surface area contributed by atoms with E-state index in [9.17, 15) is 0 Å². The lowest BCUT2D eigenvalue weighted by atomic mass is 9.70. The van der Waals surface area contributed by atoms with Crippen LogP contribution in [0.25, 0.3) is 111 Å². The van der Waals surface area contributed by atoms with Crippen LogP contribution in [0.4, 0.5) is 0 Å². The highest BCUT2D eigenvalue weighted by atomic mass is 15.0. The molecule has 10 aromatic carbocycles. The Morgan fingerprint density at radius 3 is 1.41 bits per heavy atom. The van der Waals surface area contributed by atoms with E-state index in [4.69, 9.17) is 15.0 Å². The van der Waals surface area contributed by atoms with Crippen LogP contribution in [0.5, 0.6) is 0 Å². The minimum atomic E-state index is -0.554. The molecule has 1 spiro atoms. The third-order valence-corrected chi connectivity index (χ3v) is 13.6. The zero-order valence-electron chi connectivity index (χ0n) is 32.9. The number of nitrogens with zero attached hydrogens (tertiary/aromatic N) is 3. The monoisotopic (exact) mass is 771 g/mol. The molecule has 3 heteroatoms. The lowest BCUT2D eigenvalue weighted by Crippen LogP contribution is -2.26. The summed E-state index contributed by atoms with van der Waals surface area (Å²) in [5.41, 5.74) is 17.9. The van der Waals surface area contributed by atoms with Crippen LogP contribution in [-0.2, 0) is 5.41 Å². The van der Waals surface area contributed by atoms with Crippen molar-refractivity contribution < 1.29 is 0 Å². The Morgan fingerprint density at radius 1 is 0.279 bits per heavy atom. The fourth-order valence-electron chi connectivity index (χ4n) is 11.1. The summed E-state index contributed by atoms with van der Waals surface area (Å²) >= 11 is 0. The zero-order chi connectivity index (χ0) is 39.8. The van der Waals surface area contributed by atoms with Crippen LogP contribution >= 0.6 is 0 Å². The molecule has 0 N–H and O–H groups in total. The van der Waals surface area contributed by atoms with Gasteiger partial charge in [-0.05, 0) is 123 Å². The Bertz CT molecular complexity index is 3630. The predicted octanol–water partition coefficient (Wildman–Crippen LogP) is 14.3. The SMILES string of the molecule is c1ccc2c(c1)-c1cccc3c4c(cc-2c13)C1(c2ccccc2-c2ccc(-c3nc(-c5ccc6ccccc6c5)nc(-c5ccc6ccccc6c5)n3)cc21)c1ccccc1-4. The molecule has 1 aromatic heterocycles. The van der Waals surface area contributed by atoms with Crippen LogP contribution < -0.4 is 0 Å². The van der Waals surface area contributed by atoms with Gasteiger partial charge in [0.15, 0.2) is 17.5 Å². The average molecular weight is 772 g/mol. The van der Waals surface area contributed by atoms with Crippen LogP contribution in [0.1, 0.15) is 22.3 Å². The standard InChI is InChI=1S/C58H33N3/c1-3-14-36-30-38(26-24-34(36)12-1)55-59-56(39-27-25-35-13-2-4-15-37(35)31-39)61-57(60-55)40-28-29-44-43-18-7-9-22-49(43)58(51(44)32-40)50-23-10-8-19-46(50)54-47-21-11-20-45-41-16-5-6-17-42(41)48(53(45)47)33-52(54)58/h1-33H. The summed E-state index contributed by atoms with van der Waals surface area (Å²) in [4.78, 5) is 15.8. The first-order valence-corrected chi connectivity index (χ1v) is 21.0. The highest BCUT2D eigenvalue weighted by Gasteiger charge is 2.52. The molecule has 0 bridgehead atoms. The molecule has 0 saturated carbocycles. The molecule has 1 atom stereocenters. The second-order valence-corrected chi connectivity index (χ2v) is 16.7. The van der Waals surface area contributed by atoms with Gasteiger partial charge in [0.25, 0.3) is 0 Å². The van der Waals surface area contributed by atoms with Crippen molar-refractivity contribution in [3.63, 3.8) is 0 Å². The molecule has 1 heterocycles. The number of fused-ring (bicyclic) bond motifs is 16. The van der Waals surface area contributed by atoms with E-state index in [1.54, 1.807) is 0 Å². The maximum absolute atomic E-state index is 5.32. The number of benzene rings is 10. The van der Waals surface area contributed by atoms with Crippen molar-refractivity contribution in [2.75, 3.05) is 0 Å². The van der Waals surface area contributed by atoms with Gasteiger partial charge >= 0.3 is 0 Å². The summed E-state index contributed by atoms with van der Waals surface area (Å²) in [6.07, 6.45) is 0. The van der Waals surface area contributed by atoms with Crippen molar-refractivity contribution >= 4 is 32.3 Å². The van der Waals surface area contributed by atoms with Crippen molar-refractivity contribution in [2.45, 2.75) is 5.41 Å². The van der Waals surface area contributed by atoms with Crippen molar-refractivity contribution in [1.29, 1.82) is 0 Å². The topological polar surface area (TPSA) is 38.7 Å². The van der Waals surface area contributed by atoms with Crippen molar-refractivity contribution in [1.82, 2.24) is 15.0 Å². The molecule has 0 saturated heterocycles. The molecule has 0 radical (unpaired) electrons. The highest BCUT2D eigenvalue weighted by molar-refractivity contribution is 6.21. The van der Waals surface area contributed by atoms with Gasteiger partial charge < -0.3 is 0 Å². The third kappa shape index (κ3) is 4.39. The molecule has 61 heavy (non-hydrogen) atoms. The fourth-order valence-corrected chi connectivity index (χ4v) is 11.1.